The molecule has 0 atom stereocenters. The average molecular weight is 447 g/mol. The molecule has 1 aliphatic rings. The number of nitrogens with zero attached hydrogens (tertiary/aromatic N) is 4. The number of hydrogen-bond donors (Lipinski definition) is 2. The van der Waals surface area contributed by atoms with Crippen molar-refractivity contribution in [1.82, 2.24) is 19.4 Å². The van der Waals surface area contributed by atoms with Crippen molar-refractivity contribution >= 4 is 23.4 Å². The van der Waals surface area contributed by atoms with Crippen molar-refractivity contribution in [1.29, 1.82) is 0 Å². The summed E-state index contributed by atoms with van der Waals surface area (Å²) in [4.78, 5) is 45.1. The Bertz CT molecular complexity index is 1140. The van der Waals surface area contributed by atoms with Crippen LogP contribution in [0.4, 0.5) is 5.69 Å². The number of aryl methyl sites for hydroxylation is 1. The highest BCUT2D eigenvalue weighted by Gasteiger charge is 2.26. The number of nitrogens with one attached hydrogen (secondary N) is 1. The van der Waals surface area contributed by atoms with Gasteiger partial charge in [0.1, 0.15) is 5.75 Å². The third-order valence-electron chi connectivity index (χ3n) is 5.54. The fourth-order valence-corrected chi connectivity index (χ4v) is 3.72. The molecule has 0 bridgehead atoms. The molecule has 0 spiro atoms. The highest BCUT2D eigenvalue weighted by atomic mass is 16.3. The number of phenolic OH excluding ortho intramolecular Hbond substituents is 1. The van der Waals surface area contributed by atoms with Gasteiger partial charge < -0.3 is 24.8 Å². The van der Waals surface area contributed by atoms with Gasteiger partial charge in [-0.05, 0) is 30.3 Å². The van der Waals surface area contributed by atoms with E-state index < -0.39 is 0 Å². The van der Waals surface area contributed by atoms with Crippen LogP contribution in [0.3, 0.4) is 0 Å². The minimum atomic E-state index is -0.249. The van der Waals surface area contributed by atoms with E-state index in [4.69, 9.17) is 0 Å². The van der Waals surface area contributed by atoms with Gasteiger partial charge in [-0.1, -0.05) is 18.2 Å². The van der Waals surface area contributed by atoms with E-state index in [1.54, 1.807) is 71.0 Å². The van der Waals surface area contributed by atoms with E-state index in [1.807, 2.05) is 4.57 Å². The third-order valence-corrected chi connectivity index (χ3v) is 5.54. The van der Waals surface area contributed by atoms with E-state index in [1.165, 1.54) is 6.07 Å². The summed E-state index contributed by atoms with van der Waals surface area (Å²) >= 11 is 0. The number of para-hydroxylation sites is 1. The third kappa shape index (κ3) is 5.38. The minimum absolute atomic E-state index is 0.0510. The Kier molecular flexibility index (Phi) is 6.68. The first kappa shape index (κ1) is 22.1. The molecule has 9 heteroatoms. The summed E-state index contributed by atoms with van der Waals surface area (Å²) in [5, 5.41) is 12.8. The molecule has 1 aliphatic heterocycles. The Hall–Kier alpha value is -4.14. The highest BCUT2D eigenvalue weighted by Crippen LogP contribution is 2.20. The number of amides is 3. The zero-order valence-corrected chi connectivity index (χ0v) is 18.1. The molecule has 2 aromatic carbocycles. The second-order valence-corrected chi connectivity index (χ2v) is 7.78. The van der Waals surface area contributed by atoms with Crippen molar-refractivity contribution < 1.29 is 19.5 Å². The SMILES string of the molecule is O=C(CCn1ccnc1)Nc1cccc(C(=O)N2CCN(C(=O)c3ccccc3O)CC2)c1. The number of aromatic nitrogens is 2. The van der Waals surface area contributed by atoms with Crippen molar-refractivity contribution in [2.75, 3.05) is 31.5 Å². The van der Waals surface area contributed by atoms with Crippen LogP contribution in [-0.2, 0) is 11.3 Å². The standard InChI is InChI=1S/C24H25N5O4/c30-21-7-2-1-6-20(21)24(33)29-14-12-28(13-15-29)23(32)18-4-3-5-19(16-18)26-22(31)8-10-27-11-9-25-17-27/h1-7,9,11,16-17,30H,8,10,12-15H2,(H,26,31). The molecule has 4 rings (SSSR count). The maximum atomic E-state index is 13.0. The summed E-state index contributed by atoms with van der Waals surface area (Å²) in [6, 6.07) is 13.3. The fourth-order valence-electron chi connectivity index (χ4n) is 3.72. The number of anilines is 1. The smallest absolute Gasteiger partial charge is 0.257 e. The molecule has 2 N–H and O–H groups in total. The molecule has 9 nitrogen and oxygen atoms in total. The van der Waals surface area contributed by atoms with Gasteiger partial charge in [-0.2, -0.15) is 0 Å². The lowest BCUT2D eigenvalue weighted by molar-refractivity contribution is -0.116. The van der Waals surface area contributed by atoms with Crippen molar-refractivity contribution in [3.63, 3.8) is 0 Å². The van der Waals surface area contributed by atoms with Gasteiger partial charge in [-0.15, -0.1) is 0 Å². The van der Waals surface area contributed by atoms with Crippen molar-refractivity contribution in [2.24, 2.45) is 0 Å². The normalized spacial score (nSPS) is 13.6. The molecule has 0 radical (unpaired) electrons. The molecule has 33 heavy (non-hydrogen) atoms. The first-order valence-corrected chi connectivity index (χ1v) is 10.7. The van der Waals surface area contributed by atoms with Crippen LogP contribution in [0.25, 0.3) is 0 Å². The van der Waals surface area contributed by atoms with Gasteiger partial charge in [0.25, 0.3) is 11.8 Å². The number of carbonyl (C=O) groups excluding carboxylic acids is 3. The Labute approximate surface area is 191 Å². The molecule has 1 fully saturated rings. The molecular weight excluding hydrogens is 422 g/mol. The van der Waals surface area contributed by atoms with Crippen LogP contribution < -0.4 is 5.32 Å². The van der Waals surface area contributed by atoms with Crippen molar-refractivity contribution in [3.05, 3.63) is 78.4 Å². The number of rotatable bonds is 6. The minimum Gasteiger partial charge on any atom is -0.507 e. The Morgan fingerprint density at radius 2 is 1.67 bits per heavy atom. The van der Waals surface area contributed by atoms with E-state index in [0.717, 1.165) is 0 Å². The number of carbonyl (C=O) groups is 3. The molecule has 170 valence electrons. The number of aromatic hydroxyl groups is 1. The molecule has 2 heterocycles. The quantitative estimate of drug-likeness (QED) is 0.603. The van der Waals surface area contributed by atoms with Gasteiger partial charge in [0.2, 0.25) is 5.91 Å². The van der Waals surface area contributed by atoms with Crippen molar-refractivity contribution in [2.45, 2.75) is 13.0 Å². The maximum absolute atomic E-state index is 13.0. The number of benzene rings is 2. The first-order valence-electron chi connectivity index (χ1n) is 10.7. The first-order chi connectivity index (χ1) is 16.0. The lowest BCUT2D eigenvalue weighted by Gasteiger charge is -2.35. The second kappa shape index (κ2) is 9.99. The van der Waals surface area contributed by atoms with Gasteiger partial charge in [0.15, 0.2) is 0 Å². The predicted molar refractivity (Wildman–Crippen MR) is 122 cm³/mol. The van der Waals surface area contributed by atoms with E-state index in [9.17, 15) is 19.5 Å². The molecule has 1 saturated heterocycles. The summed E-state index contributed by atoms with van der Waals surface area (Å²) in [5.41, 5.74) is 1.29. The molecular formula is C24H25N5O4. The van der Waals surface area contributed by atoms with Crippen LogP contribution in [0.5, 0.6) is 5.75 Å². The van der Waals surface area contributed by atoms with Crippen LogP contribution in [0.15, 0.2) is 67.3 Å². The maximum Gasteiger partial charge on any atom is 0.257 e. The predicted octanol–water partition coefficient (Wildman–Crippen LogP) is 2.22. The Morgan fingerprint density at radius 1 is 0.939 bits per heavy atom. The van der Waals surface area contributed by atoms with Crippen LogP contribution in [-0.4, -0.2) is 68.4 Å². The summed E-state index contributed by atoms with van der Waals surface area (Å²) < 4.78 is 1.82. The largest absolute Gasteiger partial charge is 0.507 e. The van der Waals surface area contributed by atoms with Crippen LogP contribution in [0, 0.1) is 0 Å². The lowest BCUT2D eigenvalue weighted by atomic mass is 10.1. The second-order valence-electron chi connectivity index (χ2n) is 7.78. The van der Waals surface area contributed by atoms with Crippen molar-refractivity contribution in [3.8, 4) is 5.75 Å². The molecule has 3 amide bonds. The highest BCUT2D eigenvalue weighted by molar-refractivity contribution is 5.98. The Balaban J connectivity index is 1.32. The molecule has 0 saturated carbocycles. The number of hydrogen-bond acceptors (Lipinski definition) is 5. The summed E-state index contributed by atoms with van der Waals surface area (Å²) in [6.07, 6.45) is 5.40. The van der Waals surface area contributed by atoms with Crippen LogP contribution in [0.1, 0.15) is 27.1 Å². The number of phenols is 1. The number of piperazine rings is 1. The van der Waals surface area contributed by atoms with E-state index in [-0.39, 0.29) is 29.0 Å². The molecule has 1 aromatic heterocycles. The Morgan fingerprint density at radius 3 is 2.36 bits per heavy atom. The van der Waals surface area contributed by atoms with E-state index >= 15 is 0 Å². The average Bonchev–Trinajstić information content (AvgIpc) is 3.36. The number of imidazole rings is 1. The molecule has 0 unspecified atom stereocenters. The van der Waals surface area contributed by atoms with E-state index in [2.05, 4.69) is 10.3 Å². The van der Waals surface area contributed by atoms with Gasteiger partial charge in [-0.25, -0.2) is 4.98 Å². The van der Waals surface area contributed by atoms with Gasteiger partial charge >= 0.3 is 0 Å². The summed E-state index contributed by atoms with van der Waals surface area (Å²) in [7, 11) is 0. The topological polar surface area (TPSA) is 108 Å². The molecule has 0 aliphatic carbocycles. The van der Waals surface area contributed by atoms with Crippen LogP contribution in [0.2, 0.25) is 0 Å². The van der Waals surface area contributed by atoms with Gasteiger partial charge in [-0.3, -0.25) is 14.4 Å². The van der Waals surface area contributed by atoms with Crippen LogP contribution >= 0.6 is 0 Å². The fraction of sp³-hybridized carbons (Fsp3) is 0.250. The lowest BCUT2D eigenvalue weighted by Crippen LogP contribution is -2.50. The zero-order valence-electron chi connectivity index (χ0n) is 18.1. The zero-order chi connectivity index (χ0) is 23.2. The monoisotopic (exact) mass is 447 g/mol. The summed E-state index contributed by atoms with van der Waals surface area (Å²) in [5.74, 6) is -0.603. The van der Waals surface area contributed by atoms with E-state index in [0.29, 0.717) is 50.4 Å². The van der Waals surface area contributed by atoms with Gasteiger partial charge in [0.05, 0.1) is 11.9 Å². The van der Waals surface area contributed by atoms with Gasteiger partial charge in [0, 0.05) is 62.8 Å². The summed E-state index contributed by atoms with van der Waals surface area (Å²) in [6.45, 7) is 2.06. The molecule has 3 aromatic rings.